The van der Waals surface area contributed by atoms with Crippen molar-refractivity contribution in [1.29, 1.82) is 0 Å². The number of nitrogens with one attached hydrogen (secondary N) is 1. The molecule has 2 aromatic heterocycles. The van der Waals surface area contributed by atoms with Gasteiger partial charge in [-0.25, -0.2) is 9.97 Å². The first-order valence-corrected chi connectivity index (χ1v) is 7.50. The first-order chi connectivity index (χ1) is 8.63. The van der Waals surface area contributed by atoms with Gasteiger partial charge < -0.3 is 4.98 Å². The standard InChI is InChI=1S/C12H12BrN3OS/c1-6-14-8(5-18-6)4-9-15-11(7-2-3-7)10(13)12(17)16-9/h5,7H,2-4H2,1H3,(H,15,16,17). The Hall–Kier alpha value is -1.01. The monoisotopic (exact) mass is 325 g/mol. The van der Waals surface area contributed by atoms with E-state index in [1.807, 2.05) is 12.3 Å². The van der Waals surface area contributed by atoms with Crippen LogP contribution >= 0.6 is 27.3 Å². The second-order valence-electron chi connectivity index (χ2n) is 4.52. The van der Waals surface area contributed by atoms with E-state index in [0.717, 1.165) is 29.2 Å². The molecule has 1 aliphatic carbocycles. The van der Waals surface area contributed by atoms with Crippen LogP contribution in [0.2, 0.25) is 0 Å². The van der Waals surface area contributed by atoms with Gasteiger partial charge in [0.1, 0.15) is 10.3 Å². The molecule has 1 N–H and O–H groups in total. The van der Waals surface area contributed by atoms with Crippen LogP contribution in [0.15, 0.2) is 14.6 Å². The molecule has 1 saturated carbocycles. The molecule has 0 bridgehead atoms. The lowest BCUT2D eigenvalue weighted by atomic mass is 10.2. The van der Waals surface area contributed by atoms with Crippen molar-refractivity contribution in [2.45, 2.75) is 32.1 Å². The van der Waals surface area contributed by atoms with E-state index in [1.165, 1.54) is 0 Å². The van der Waals surface area contributed by atoms with Crippen molar-refractivity contribution in [3.05, 3.63) is 42.4 Å². The van der Waals surface area contributed by atoms with Crippen molar-refractivity contribution in [3.8, 4) is 0 Å². The smallest absolute Gasteiger partial charge is 0.265 e. The minimum absolute atomic E-state index is 0.0890. The lowest BCUT2D eigenvalue weighted by molar-refractivity contribution is 0.860. The van der Waals surface area contributed by atoms with E-state index < -0.39 is 0 Å². The van der Waals surface area contributed by atoms with Crippen LogP contribution in [0.4, 0.5) is 0 Å². The van der Waals surface area contributed by atoms with Crippen LogP contribution in [0.3, 0.4) is 0 Å². The predicted octanol–water partition coefficient (Wildman–Crippen LogP) is 2.77. The summed E-state index contributed by atoms with van der Waals surface area (Å²) < 4.78 is 0.586. The lowest BCUT2D eigenvalue weighted by Crippen LogP contribution is -2.15. The fraction of sp³-hybridized carbons (Fsp3) is 0.417. The molecule has 4 nitrogen and oxygen atoms in total. The number of nitrogens with zero attached hydrogens (tertiary/aromatic N) is 2. The van der Waals surface area contributed by atoms with E-state index in [-0.39, 0.29) is 5.56 Å². The van der Waals surface area contributed by atoms with Gasteiger partial charge in [0, 0.05) is 17.7 Å². The predicted molar refractivity (Wildman–Crippen MR) is 74.2 cm³/mol. The molecule has 0 aliphatic heterocycles. The van der Waals surface area contributed by atoms with Crippen LogP contribution in [0.25, 0.3) is 0 Å². The topological polar surface area (TPSA) is 58.6 Å². The number of hydrogen-bond donors (Lipinski definition) is 1. The SMILES string of the molecule is Cc1nc(Cc2nc(C3CC3)c(Br)c(=O)[nH]2)cs1. The number of aromatic nitrogens is 3. The zero-order chi connectivity index (χ0) is 12.7. The molecule has 0 saturated heterocycles. The largest absolute Gasteiger partial charge is 0.309 e. The highest BCUT2D eigenvalue weighted by molar-refractivity contribution is 9.10. The summed E-state index contributed by atoms with van der Waals surface area (Å²) in [7, 11) is 0. The Morgan fingerprint density at radius 1 is 1.50 bits per heavy atom. The Bertz CT molecular complexity index is 645. The van der Waals surface area contributed by atoms with Crippen molar-refractivity contribution >= 4 is 27.3 Å². The summed E-state index contributed by atoms with van der Waals surface area (Å²) in [6, 6.07) is 0. The van der Waals surface area contributed by atoms with Crippen LogP contribution in [0.5, 0.6) is 0 Å². The summed E-state index contributed by atoms with van der Waals surface area (Å²) in [5, 5.41) is 3.04. The third kappa shape index (κ3) is 2.40. The third-order valence-electron chi connectivity index (χ3n) is 2.92. The molecule has 2 heterocycles. The van der Waals surface area contributed by atoms with E-state index >= 15 is 0 Å². The third-order valence-corrected chi connectivity index (χ3v) is 4.51. The highest BCUT2D eigenvalue weighted by atomic mass is 79.9. The molecule has 3 rings (SSSR count). The maximum Gasteiger partial charge on any atom is 0.265 e. The average molecular weight is 326 g/mol. The maximum atomic E-state index is 11.8. The summed E-state index contributed by atoms with van der Waals surface area (Å²) in [6.07, 6.45) is 2.85. The first kappa shape index (κ1) is 12.0. The second kappa shape index (κ2) is 4.59. The molecule has 0 aromatic carbocycles. The van der Waals surface area contributed by atoms with Crippen LogP contribution in [0.1, 0.15) is 41.0 Å². The van der Waals surface area contributed by atoms with Gasteiger partial charge in [-0.3, -0.25) is 4.79 Å². The van der Waals surface area contributed by atoms with Crippen molar-refractivity contribution in [2.75, 3.05) is 0 Å². The highest BCUT2D eigenvalue weighted by Gasteiger charge is 2.28. The zero-order valence-electron chi connectivity index (χ0n) is 9.86. The van der Waals surface area contributed by atoms with Gasteiger partial charge >= 0.3 is 0 Å². The van der Waals surface area contributed by atoms with Crippen molar-refractivity contribution < 1.29 is 0 Å². The van der Waals surface area contributed by atoms with Crippen LogP contribution in [-0.2, 0) is 6.42 Å². The number of hydrogen-bond acceptors (Lipinski definition) is 4. The molecule has 94 valence electrons. The van der Waals surface area contributed by atoms with E-state index in [9.17, 15) is 4.79 Å². The zero-order valence-corrected chi connectivity index (χ0v) is 12.3. The van der Waals surface area contributed by atoms with Crippen LogP contribution in [-0.4, -0.2) is 15.0 Å². The first-order valence-electron chi connectivity index (χ1n) is 5.83. The van der Waals surface area contributed by atoms with Gasteiger partial charge in [0.25, 0.3) is 5.56 Å². The Kier molecular flexibility index (Phi) is 3.07. The Balaban J connectivity index is 1.94. The normalized spacial score (nSPS) is 15.0. The van der Waals surface area contributed by atoms with Gasteiger partial charge in [-0.15, -0.1) is 11.3 Å². The van der Waals surface area contributed by atoms with Gasteiger partial charge in [-0.2, -0.15) is 0 Å². The quantitative estimate of drug-likeness (QED) is 0.943. The molecule has 0 atom stereocenters. The maximum absolute atomic E-state index is 11.8. The molecule has 0 spiro atoms. The number of thiazole rings is 1. The molecule has 2 aromatic rings. The summed E-state index contributed by atoms with van der Waals surface area (Å²) in [4.78, 5) is 23.6. The minimum Gasteiger partial charge on any atom is -0.309 e. The molecule has 0 amide bonds. The summed E-state index contributed by atoms with van der Waals surface area (Å²) in [5.74, 6) is 1.16. The molecule has 6 heteroatoms. The minimum atomic E-state index is -0.0890. The molecule has 0 unspecified atom stereocenters. The van der Waals surface area contributed by atoms with Crippen molar-refractivity contribution in [3.63, 3.8) is 0 Å². The highest BCUT2D eigenvalue weighted by Crippen LogP contribution is 2.41. The molecule has 1 aliphatic rings. The molecule has 18 heavy (non-hydrogen) atoms. The van der Waals surface area contributed by atoms with Gasteiger partial charge in [0.2, 0.25) is 0 Å². The number of halogens is 1. The van der Waals surface area contributed by atoms with Gasteiger partial charge in [0.15, 0.2) is 0 Å². The summed E-state index contributed by atoms with van der Waals surface area (Å²) >= 11 is 4.94. The fourth-order valence-corrected chi connectivity index (χ4v) is 3.02. The molecular formula is C12H12BrN3OS. The molecule has 0 radical (unpaired) electrons. The molecule has 1 fully saturated rings. The summed E-state index contributed by atoms with van der Waals surface area (Å²) in [5.41, 5.74) is 1.78. The van der Waals surface area contributed by atoms with E-state index in [0.29, 0.717) is 22.6 Å². The van der Waals surface area contributed by atoms with Crippen molar-refractivity contribution in [2.24, 2.45) is 0 Å². The van der Waals surface area contributed by atoms with Crippen LogP contribution in [0, 0.1) is 6.92 Å². The van der Waals surface area contributed by atoms with Gasteiger partial charge in [0.05, 0.1) is 16.4 Å². The lowest BCUT2D eigenvalue weighted by Gasteiger charge is -2.04. The van der Waals surface area contributed by atoms with E-state index in [4.69, 9.17) is 0 Å². The number of aryl methyl sites for hydroxylation is 1. The van der Waals surface area contributed by atoms with Gasteiger partial charge in [-0.05, 0) is 35.7 Å². The van der Waals surface area contributed by atoms with Gasteiger partial charge in [-0.1, -0.05) is 0 Å². The second-order valence-corrected chi connectivity index (χ2v) is 6.38. The Morgan fingerprint density at radius 3 is 2.89 bits per heavy atom. The fourth-order valence-electron chi connectivity index (χ4n) is 1.90. The van der Waals surface area contributed by atoms with E-state index in [2.05, 4.69) is 30.9 Å². The Morgan fingerprint density at radius 2 is 2.28 bits per heavy atom. The van der Waals surface area contributed by atoms with Crippen LogP contribution < -0.4 is 5.56 Å². The summed E-state index contributed by atoms with van der Waals surface area (Å²) in [6.45, 7) is 1.97. The average Bonchev–Trinajstić information content (AvgIpc) is 3.08. The number of rotatable bonds is 3. The van der Waals surface area contributed by atoms with Crippen molar-refractivity contribution in [1.82, 2.24) is 15.0 Å². The number of H-pyrrole nitrogens is 1. The Labute approximate surface area is 117 Å². The number of aromatic amines is 1. The van der Waals surface area contributed by atoms with E-state index in [1.54, 1.807) is 11.3 Å². The molecular weight excluding hydrogens is 314 g/mol.